The van der Waals surface area contributed by atoms with Gasteiger partial charge < -0.3 is 14.6 Å². The molecule has 2 fully saturated rings. The van der Waals surface area contributed by atoms with Crippen LogP contribution in [0.25, 0.3) is 10.9 Å². The van der Waals surface area contributed by atoms with Crippen LogP contribution in [-0.2, 0) is 6.42 Å². The molecule has 1 saturated heterocycles. The number of aryl methyl sites for hydroxylation is 1. The van der Waals surface area contributed by atoms with E-state index in [9.17, 15) is 14.7 Å². The number of rotatable bonds is 2. The molecule has 1 saturated carbocycles. The van der Waals surface area contributed by atoms with Gasteiger partial charge in [0.2, 0.25) is 5.43 Å². The second-order valence-electron chi connectivity index (χ2n) is 8.13. The van der Waals surface area contributed by atoms with Crippen molar-refractivity contribution >= 4 is 22.6 Å². The summed E-state index contributed by atoms with van der Waals surface area (Å²) in [6.45, 7) is 0.848. The predicted molar refractivity (Wildman–Crippen MR) is 101 cm³/mol. The number of aromatic nitrogens is 1. The number of nitrogens with zero attached hydrogens (tertiary/aromatic N) is 2. The fraction of sp³-hybridized carbons (Fsp3) is 0.524. The van der Waals surface area contributed by atoms with E-state index in [-0.39, 0.29) is 22.8 Å². The Morgan fingerprint density at radius 1 is 1.11 bits per heavy atom. The summed E-state index contributed by atoms with van der Waals surface area (Å²) in [6, 6.07) is 1.87. The number of anilines is 1. The Kier molecular flexibility index (Phi) is 3.78. The van der Waals surface area contributed by atoms with Crippen molar-refractivity contribution < 1.29 is 14.3 Å². The number of fused-ring (bicyclic) bond motifs is 5. The van der Waals surface area contributed by atoms with Crippen LogP contribution in [0, 0.1) is 5.82 Å². The lowest BCUT2D eigenvalue weighted by Crippen LogP contribution is -2.32. The van der Waals surface area contributed by atoms with Crippen molar-refractivity contribution in [3.8, 4) is 0 Å². The van der Waals surface area contributed by atoms with Gasteiger partial charge in [-0.15, -0.1) is 0 Å². The van der Waals surface area contributed by atoms with Crippen LogP contribution >= 0.6 is 0 Å². The van der Waals surface area contributed by atoms with Crippen LogP contribution in [0.15, 0.2) is 17.1 Å². The number of carbonyl (C=O) groups is 1. The van der Waals surface area contributed by atoms with Crippen LogP contribution < -0.4 is 10.3 Å². The Morgan fingerprint density at radius 3 is 2.63 bits per heavy atom. The molecule has 3 heterocycles. The van der Waals surface area contributed by atoms with Crippen LogP contribution in [0.2, 0.25) is 0 Å². The van der Waals surface area contributed by atoms with Gasteiger partial charge in [0.1, 0.15) is 11.4 Å². The molecule has 1 N–H and O–H groups in total. The molecule has 142 valence electrons. The fourth-order valence-corrected chi connectivity index (χ4v) is 5.01. The van der Waals surface area contributed by atoms with Gasteiger partial charge >= 0.3 is 5.97 Å². The Morgan fingerprint density at radius 2 is 1.89 bits per heavy atom. The second-order valence-corrected chi connectivity index (χ2v) is 8.13. The highest BCUT2D eigenvalue weighted by Gasteiger charge is 2.34. The lowest BCUT2D eigenvalue weighted by Gasteiger charge is -2.32. The predicted octanol–water partition coefficient (Wildman–Crippen LogP) is 3.87. The van der Waals surface area contributed by atoms with Gasteiger partial charge in [-0.3, -0.25) is 4.79 Å². The highest BCUT2D eigenvalue weighted by atomic mass is 19.1. The van der Waals surface area contributed by atoms with Crippen molar-refractivity contribution in [2.75, 3.05) is 11.4 Å². The van der Waals surface area contributed by atoms with E-state index in [1.165, 1.54) is 12.3 Å². The van der Waals surface area contributed by atoms with E-state index in [1.54, 1.807) is 0 Å². The van der Waals surface area contributed by atoms with E-state index >= 15 is 4.39 Å². The number of hydrogen-bond donors (Lipinski definition) is 1. The topological polar surface area (TPSA) is 62.5 Å². The molecule has 1 unspecified atom stereocenters. The molecule has 1 aromatic heterocycles. The van der Waals surface area contributed by atoms with Crippen molar-refractivity contribution in [3.63, 3.8) is 0 Å². The SMILES string of the molecule is O=C(O)c1cn(C2CC2)c2c3c(c(F)cc2c1=O)N1CCCC1CCCC3. The maximum Gasteiger partial charge on any atom is 0.341 e. The van der Waals surface area contributed by atoms with Crippen LogP contribution in [0.1, 0.15) is 66.9 Å². The van der Waals surface area contributed by atoms with Gasteiger partial charge in [-0.1, -0.05) is 6.42 Å². The first kappa shape index (κ1) is 16.8. The normalized spacial score (nSPS) is 22.3. The maximum atomic E-state index is 15.3. The zero-order chi connectivity index (χ0) is 18.7. The smallest absolute Gasteiger partial charge is 0.341 e. The summed E-state index contributed by atoms with van der Waals surface area (Å²) in [6.07, 6.45) is 9.46. The van der Waals surface area contributed by atoms with Crippen molar-refractivity contribution in [2.24, 2.45) is 0 Å². The third-order valence-corrected chi connectivity index (χ3v) is 6.39. The quantitative estimate of drug-likeness (QED) is 0.872. The molecular weight excluding hydrogens is 347 g/mol. The molecule has 5 rings (SSSR count). The van der Waals surface area contributed by atoms with Crippen LogP contribution in [0.3, 0.4) is 0 Å². The molecule has 27 heavy (non-hydrogen) atoms. The monoisotopic (exact) mass is 370 g/mol. The highest BCUT2D eigenvalue weighted by molar-refractivity contribution is 5.95. The van der Waals surface area contributed by atoms with Gasteiger partial charge in [-0.25, -0.2) is 9.18 Å². The van der Waals surface area contributed by atoms with E-state index in [4.69, 9.17) is 0 Å². The fourth-order valence-electron chi connectivity index (χ4n) is 5.01. The number of carboxylic acid groups (broad SMARTS) is 1. The van der Waals surface area contributed by atoms with Crippen molar-refractivity contribution in [1.82, 2.24) is 4.57 Å². The molecule has 0 amide bonds. The van der Waals surface area contributed by atoms with E-state index in [2.05, 4.69) is 4.90 Å². The molecule has 0 radical (unpaired) electrons. The highest BCUT2D eigenvalue weighted by Crippen LogP contribution is 2.43. The molecule has 1 atom stereocenters. The van der Waals surface area contributed by atoms with Gasteiger partial charge in [-0.2, -0.15) is 0 Å². The molecule has 1 aliphatic carbocycles. The van der Waals surface area contributed by atoms with Crippen LogP contribution in [-0.4, -0.2) is 28.2 Å². The first-order chi connectivity index (χ1) is 13.1. The van der Waals surface area contributed by atoms with Gasteiger partial charge in [-0.05, 0) is 51.0 Å². The third kappa shape index (κ3) is 2.57. The first-order valence-corrected chi connectivity index (χ1v) is 9.96. The summed E-state index contributed by atoms with van der Waals surface area (Å²) in [5, 5.41) is 9.67. The van der Waals surface area contributed by atoms with Crippen molar-refractivity contribution in [3.05, 3.63) is 39.4 Å². The van der Waals surface area contributed by atoms with E-state index < -0.39 is 11.4 Å². The van der Waals surface area contributed by atoms with E-state index in [1.807, 2.05) is 4.57 Å². The van der Waals surface area contributed by atoms with E-state index in [0.717, 1.165) is 69.0 Å². The molecule has 2 aromatic rings. The van der Waals surface area contributed by atoms with Gasteiger partial charge in [0, 0.05) is 35.8 Å². The standard InChI is InChI=1S/C21H23FN2O3/c22-17-10-15-18(24(13-7-8-13)11-16(20(15)25)21(26)27)14-6-2-1-4-12-5-3-9-23(12)19(14)17/h10-13H,1-9H2,(H,26,27). The molecular formula is C21H23FN2O3. The summed E-state index contributed by atoms with van der Waals surface area (Å²) >= 11 is 0. The zero-order valence-electron chi connectivity index (χ0n) is 15.2. The first-order valence-electron chi connectivity index (χ1n) is 9.96. The van der Waals surface area contributed by atoms with Crippen molar-refractivity contribution in [2.45, 2.75) is 63.5 Å². The van der Waals surface area contributed by atoms with Crippen LogP contribution in [0.5, 0.6) is 0 Å². The Balaban J connectivity index is 1.87. The Bertz CT molecular complexity index is 1010. The van der Waals surface area contributed by atoms with Gasteiger partial charge in [0.05, 0.1) is 11.2 Å². The Hall–Kier alpha value is -2.37. The second kappa shape index (κ2) is 6.08. The molecule has 0 spiro atoms. The van der Waals surface area contributed by atoms with Crippen molar-refractivity contribution in [1.29, 1.82) is 0 Å². The molecule has 1 aromatic carbocycles. The maximum absolute atomic E-state index is 15.3. The minimum absolute atomic E-state index is 0.209. The number of benzene rings is 1. The number of halogens is 1. The molecule has 0 bridgehead atoms. The van der Waals surface area contributed by atoms with Gasteiger partial charge in [0.15, 0.2) is 0 Å². The summed E-state index contributed by atoms with van der Waals surface area (Å²) in [5.74, 6) is -1.63. The number of pyridine rings is 1. The van der Waals surface area contributed by atoms with Gasteiger partial charge in [0.25, 0.3) is 0 Å². The Labute approximate surface area is 156 Å². The minimum atomic E-state index is -1.25. The number of aromatic carboxylic acids is 1. The summed E-state index contributed by atoms with van der Waals surface area (Å²) in [5.41, 5.74) is 1.48. The third-order valence-electron chi connectivity index (χ3n) is 6.39. The molecule has 3 aliphatic rings. The average Bonchev–Trinajstić information content (AvgIpc) is 3.36. The number of hydrogen-bond acceptors (Lipinski definition) is 3. The van der Waals surface area contributed by atoms with E-state index in [0.29, 0.717) is 11.7 Å². The molecule has 5 nitrogen and oxygen atoms in total. The summed E-state index contributed by atoms with van der Waals surface area (Å²) in [7, 11) is 0. The lowest BCUT2D eigenvalue weighted by atomic mass is 9.94. The minimum Gasteiger partial charge on any atom is -0.477 e. The largest absolute Gasteiger partial charge is 0.477 e. The number of carboxylic acids is 1. The molecule has 6 heteroatoms. The average molecular weight is 370 g/mol. The summed E-state index contributed by atoms with van der Waals surface area (Å²) < 4.78 is 17.2. The zero-order valence-corrected chi connectivity index (χ0v) is 15.2. The lowest BCUT2D eigenvalue weighted by molar-refractivity contribution is 0.0695. The molecule has 2 aliphatic heterocycles. The summed E-state index contributed by atoms with van der Waals surface area (Å²) in [4.78, 5) is 26.6. The van der Waals surface area contributed by atoms with Crippen LogP contribution in [0.4, 0.5) is 10.1 Å².